The van der Waals surface area contributed by atoms with E-state index in [0.717, 1.165) is 0 Å². The van der Waals surface area contributed by atoms with Crippen LogP contribution in [0.5, 0.6) is 0 Å². The van der Waals surface area contributed by atoms with Crippen LogP contribution in [0.2, 0.25) is 5.02 Å². The molecule has 0 aromatic heterocycles. The van der Waals surface area contributed by atoms with E-state index in [4.69, 9.17) is 22.0 Å². The summed E-state index contributed by atoms with van der Waals surface area (Å²) in [6.07, 6.45) is -0.107. The maximum atomic E-state index is 10.4. The Morgan fingerprint density at radius 3 is 2.71 bits per heavy atom. The minimum atomic E-state index is -0.933. The molecule has 0 aliphatic heterocycles. The maximum absolute atomic E-state index is 10.4. The molecule has 0 saturated carbocycles. The molecular weight excluding hydrogens is 269 g/mol. The van der Waals surface area contributed by atoms with E-state index in [9.17, 15) is 4.79 Å². The van der Waals surface area contributed by atoms with E-state index in [1.165, 1.54) is 6.07 Å². The average molecular weight is 275 g/mol. The number of nitrogens with zero attached hydrogens (tertiary/aromatic N) is 1. The number of nitriles is 1. The molecular formula is C9H5BrClNO2. The summed E-state index contributed by atoms with van der Waals surface area (Å²) >= 11 is 8.92. The van der Waals surface area contributed by atoms with Gasteiger partial charge in [0.25, 0.3) is 0 Å². The molecule has 1 N–H and O–H groups in total. The molecule has 0 aliphatic carbocycles. The average Bonchev–Trinajstić information content (AvgIpc) is 2.01. The van der Waals surface area contributed by atoms with Gasteiger partial charge in [0.1, 0.15) is 6.07 Å². The van der Waals surface area contributed by atoms with Gasteiger partial charge in [-0.1, -0.05) is 11.6 Å². The number of carboxylic acid groups (broad SMARTS) is 1. The van der Waals surface area contributed by atoms with E-state index in [1.54, 1.807) is 6.07 Å². The molecule has 0 atom stereocenters. The lowest BCUT2D eigenvalue weighted by atomic mass is 10.1. The molecule has 0 radical (unpaired) electrons. The fourth-order valence-corrected chi connectivity index (χ4v) is 2.00. The third-order valence-corrected chi connectivity index (χ3v) is 2.49. The van der Waals surface area contributed by atoms with E-state index in [-0.39, 0.29) is 11.4 Å². The lowest BCUT2D eigenvalue weighted by Gasteiger charge is -2.02. The second kappa shape index (κ2) is 4.45. The van der Waals surface area contributed by atoms with Crippen molar-refractivity contribution in [2.24, 2.45) is 0 Å². The first-order valence-corrected chi connectivity index (χ1v) is 4.81. The van der Waals surface area contributed by atoms with Crippen LogP contribution in [-0.4, -0.2) is 11.1 Å². The number of carboxylic acids is 1. The van der Waals surface area contributed by atoms with E-state index in [0.29, 0.717) is 15.6 Å². The fourth-order valence-electron chi connectivity index (χ4n) is 1.01. The first kappa shape index (κ1) is 11.0. The quantitative estimate of drug-likeness (QED) is 0.901. The zero-order valence-corrected chi connectivity index (χ0v) is 9.26. The first-order chi connectivity index (χ1) is 6.54. The van der Waals surface area contributed by atoms with Crippen LogP contribution in [0, 0.1) is 11.3 Å². The highest BCUT2D eigenvalue weighted by atomic mass is 79.9. The molecule has 1 aromatic rings. The Kier molecular flexibility index (Phi) is 3.50. The highest BCUT2D eigenvalue weighted by molar-refractivity contribution is 9.10. The van der Waals surface area contributed by atoms with Crippen molar-refractivity contribution in [3.63, 3.8) is 0 Å². The van der Waals surface area contributed by atoms with Crippen LogP contribution in [0.15, 0.2) is 16.6 Å². The summed E-state index contributed by atoms with van der Waals surface area (Å²) in [5.41, 5.74) is 0.884. The van der Waals surface area contributed by atoms with Crippen molar-refractivity contribution >= 4 is 33.5 Å². The second-order valence-corrected chi connectivity index (χ2v) is 3.88. The highest BCUT2D eigenvalue weighted by Crippen LogP contribution is 2.26. The molecule has 0 unspecified atom stereocenters. The molecule has 0 saturated heterocycles. The predicted molar refractivity (Wildman–Crippen MR) is 55.2 cm³/mol. The molecule has 0 bridgehead atoms. The van der Waals surface area contributed by atoms with Gasteiger partial charge < -0.3 is 5.11 Å². The molecule has 0 amide bonds. The van der Waals surface area contributed by atoms with Gasteiger partial charge >= 0.3 is 5.97 Å². The highest BCUT2D eigenvalue weighted by Gasteiger charge is 2.09. The number of aliphatic carboxylic acids is 1. The summed E-state index contributed by atoms with van der Waals surface area (Å²) < 4.78 is 0.517. The Labute approximate surface area is 94.0 Å². The predicted octanol–water partition coefficient (Wildman–Crippen LogP) is 2.60. The smallest absolute Gasteiger partial charge is 0.307 e. The third-order valence-electron chi connectivity index (χ3n) is 1.57. The van der Waals surface area contributed by atoms with Crippen molar-refractivity contribution in [2.45, 2.75) is 6.42 Å². The van der Waals surface area contributed by atoms with Crippen LogP contribution < -0.4 is 0 Å². The van der Waals surface area contributed by atoms with Gasteiger partial charge in [0.15, 0.2) is 0 Å². The van der Waals surface area contributed by atoms with Crippen molar-refractivity contribution in [1.82, 2.24) is 0 Å². The summed E-state index contributed by atoms with van der Waals surface area (Å²) in [6.45, 7) is 0. The van der Waals surface area contributed by atoms with Crippen LogP contribution >= 0.6 is 27.5 Å². The van der Waals surface area contributed by atoms with Crippen molar-refractivity contribution < 1.29 is 9.90 Å². The third kappa shape index (κ3) is 2.47. The lowest BCUT2D eigenvalue weighted by Crippen LogP contribution is -2.00. The van der Waals surface area contributed by atoms with Crippen LogP contribution in [0.3, 0.4) is 0 Å². The maximum Gasteiger partial charge on any atom is 0.307 e. The molecule has 0 spiro atoms. The number of carbonyl (C=O) groups is 1. The first-order valence-electron chi connectivity index (χ1n) is 3.64. The van der Waals surface area contributed by atoms with E-state index in [1.807, 2.05) is 6.07 Å². The van der Waals surface area contributed by atoms with Gasteiger partial charge in [-0.25, -0.2) is 0 Å². The van der Waals surface area contributed by atoms with Gasteiger partial charge in [0.2, 0.25) is 0 Å². The zero-order valence-electron chi connectivity index (χ0n) is 6.92. The summed E-state index contributed by atoms with van der Waals surface area (Å²) in [4.78, 5) is 10.4. The summed E-state index contributed by atoms with van der Waals surface area (Å²) in [5, 5.41) is 17.5. The van der Waals surface area contributed by atoms with Crippen molar-refractivity contribution in [2.75, 3.05) is 0 Å². The van der Waals surface area contributed by atoms with Crippen LogP contribution in [-0.2, 0) is 11.2 Å². The van der Waals surface area contributed by atoms with E-state index < -0.39 is 5.97 Å². The Hall–Kier alpha value is -1.05. The van der Waals surface area contributed by atoms with Crippen molar-refractivity contribution in [1.29, 1.82) is 5.26 Å². The normalized spacial score (nSPS) is 9.50. The SMILES string of the molecule is N#Cc1c(Cl)cc(CC(=O)O)cc1Br. The number of benzene rings is 1. The molecule has 1 rings (SSSR count). The molecule has 72 valence electrons. The largest absolute Gasteiger partial charge is 0.481 e. The van der Waals surface area contributed by atoms with Crippen molar-refractivity contribution in [3.8, 4) is 6.07 Å². The Morgan fingerprint density at radius 2 is 2.29 bits per heavy atom. The van der Waals surface area contributed by atoms with Gasteiger partial charge in [0.05, 0.1) is 17.0 Å². The van der Waals surface area contributed by atoms with Gasteiger partial charge in [-0.2, -0.15) is 5.26 Å². The number of hydrogen-bond donors (Lipinski definition) is 1. The van der Waals surface area contributed by atoms with Gasteiger partial charge in [0, 0.05) is 4.47 Å². The van der Waals surface area contributed by atoms with Crippen LogP contribution in [0.4, 0.5) is 0 Å². The van der Waals surface area contributed by atoms with Gasteiger partial charge in [-0.3, -0.25) is 4.79 Å². The summed E-state index contributed by atoms with van der Waals surface area (Å²) in [5.74, 6) is -0.933. The van der Waals surface area contributed by atoms with Crippen molar-refractivity contribution in [3.05, 3.63) is 32.8 Å². The topological polar surface area (TPSA) is 61.1 Å². The summed E-state index contributed by atoms with van der Waals surface area (Å²) in [7, 11) is 0. The molecule has 0 fully saturated rings. The van der Waals surface area contributed by atoms with Gasteiger partial charge in [-0.15, -0.1) is 0 Å². The van der Waals surface area contributed by atoms with E-state index in [2.05, 4.69) is 15.9 Å². The van der Waals surface area contributed by atoms with E-state index >= 15 is 0 Å². The standard InChI is InChI=1S/C9H5BrClNO2/c10-7-1-5(3-9(13)14)2-8(11)6(7)4-12/h1-2H,3H2,(H,13,14). The number of hydrogen-bond acceptors (Lipinski definition) is 2. The Bertz CT molecular complexity index is 402. The molecule has 14 heavy (non-hydrogen) atoms. The minimum absolute atomic E-state index is 0.107. The number of halogens is 2. The molecule has 1 aromatic carbocycles. The van der Waals surface area contributed by atoms with Gasteiger partial charge in [-0.05, 0) is 33.6 Å². The molecule has 5 heteroatoms. The Balaban J connectivity index is 3.15. The minimum Gasteiger partial charge on any atom is -0.481 e. The fraction of sp³-hybridized carbons (Fsp3) is 0.111. The second-order valence-electron chi connectivity index (χ2n) is 2.62. The zero-order chi connectivity index (χ0) is 10.7. The number of rotatable bonds is 2. The molecule has 0 heterocycles. The Morgan fingerprint density at radius 1 is 1.64 bits per heavy atom. The van der Waals surface area contributed by atoms with Crippen LogP contribution in [0.25, 0.3) is 0 Å². The lowest BCUT2D eigenvalue weighted by molar-refractivity contribution is -0.136. The molecule has 0 aliphatic rings. The summed E-state index contributed by atoms with van der Waals surface area (Å²) in [6, 6.07) is 4.98. The van der Waals surface area contributed by atoms with Crippen LogP contribution in [0.1, 0.15) is 11.1 Å². The molecule has 3 nitrogen and oxygen atoms in total. The monoisotopic (exact) mass is 273 g/mol.